The highest BCUT2D eigenvalue weighted by atomic mass is 79.9. The van der Waals surface area contributed by atoms with Gasteiger partial charge in [-0.3, -0.25) is 10.3 Å². The molecule has 0 aliphatic carbocycles. The second-order valence-electron chi connectivity index (χ2n) is 8.22. The number of hydrogen-bond acceptors (Lipinski definition) is 7. The van der Waals surface area contributed by atoms with Crippen molar-refractivity contribution in [2.24, 2.45) is 4.99 Å². The van der Waals surface area contributed by atoms with Crippen LogP contribution in [0, 0.1) is 5.82 Å². The molecule has 0 amide bonds. The van der Waals surface area contributed by atoms with Crippen LogP contribution in [0.5, 0.6) is 0 Å². The van der Waals surface area contributed by atoms with E-state index < -0.39 is 54.6 Å². The Hall–Kier alpha value is -3.03. The van der Waals surface area contributed by atoms with E-state index >= 15 is 0 Å². The molecule has 0 spiro atoms. The number of carboxylic acid groups (broad SMARTS) is 2. The summed E-state index contributed by atoms with van der Waals surface area (Å²) in [6, 6.07) is 2.49. The van der Waals surface area contributed by atoms with Crippen molar-refractivity contribution in [3.8, 4) is 0 Å². The maximum Gasteiger partial charge on any atom is 0.336 e. The van der Waals surface area contributed by atoms with E-state index in [0.717, 1.165) is 12.1 Å². The predicted octanol–water partition coefficient (Wildman–Crippen LogP) is 4.26. The van der Waals surface area contributed by atoms with E-state index in [-0.39, 0.29) is 27.2 Å². The number of piperidine rings is 1. The summed E-state index contributed by atoms with van der Waals surface area (Å²) < 4.78 is 42.0. The van der Waals surface area contributed by atoms with Crippen molar-refractivity contribution in [3.63, 3.8) is 0 Å². The third-order valence-corrected chi connectivity index (χ3v) is 7.53. The number of alkyl halides is 2. The van der Waals surface area contributed by atoms with Crippen LogP contribution in [0.1, 0.15) is 36.4 Å². The monoisotopic (exact) mass is 584 g/mol. The number of nitrogens with zero attached hydrogens (tertiary/aromatic N) is 2. The number of carbonyl (C=O) groups is 2. The number of amidine groups is 1. The highest BCUT2D eigenvalue weighted by molar-refractivity contribution is 9.10. The Morgan fingerprint density at radius 2 is 2.03 bits per heavy atom. The molecule has 1 saturated heterocycles. The van der Waals surface area contributed by atoms with Gasteiger partial charge in [-0.2, -0.15) is 0 Å². The van der Waals surface area contributed by atoms with E-state index in [0.29, 0.717) is 10.6 Å². The Morgan fingerprint density at radius 1 is 1.28 bits per heavy atom. The van der Waals surface area contributed by atoms with Crippen LogP contribution in [0.25, 0.3) is 0 Å². The van der Waals surface area contributed by atoms with Crippen LogP contribution in [-0.4, -0.2) is 51.0 Å². The largest absolute Gasteiger partial charge is 0.480 e. The van der Waals surface area contributed by atoms with Crippen LogP contribution in [-0.2, 0) is 9.59 Å². The second-order valence-corrected chi connectivity index (χ2v) is 9.97. The highest BCUT2D eigenvalue weighted by Crippen LogP contribution is 2.42. The molecule has 2 atom stereocenters. The maximum absolute atomic E-state index is 14.0. The molecule has 2 aliphatic rings. The van der Waals surface area contributed by atoms with Gasteiger partial charge in [0, 0.05) is 28.0 Å². The molecule has 0 saturated carbocycles. The number of aliphatic carboxylic acids is 2. The molecule has 0 bridgehead atoms. The van der Waals surface area contributed by atoms with E-state index in [1.54, 1.807) is 5.38 Å². The van der Waals surface area contributed by atoms with Crippen molar-refractivity contribution in [1.82, 2.24) is 15.6 Å². The van der Waals surface area contributed by atoms with E-state index in [2.05, 4.69) is 36.5 Å². The van der Waals surface area contributed by atoms with Crippen molar-refractivity contribution in [2.45, 2.75) is 37.3 Å². The van der Waals surface area contributed by atoms with Crippen LogP contribution < -0.4 is 10.6 Å². The van der Waals surface area contributed by atoms with Crippen LogP contribution in [0.4, 0.5) is 13.2 Å². The number of halogens is 4. The van der Waals surface area contributed by atoms with Crippen LogP contribution >= 0.6 is 27.3 Å². The quantitative estimate of drug-likeness (QED) is 0.400. The van der Waals surface area contributed by atoms with Gasteiger partial charge in [-0.25, -0.2) is 27.7 Å². The van der Waals surface area contributed by atoms with Crippen molar-refractivity contribution < 1.29 is 33.0 Å². The first-order valence-electron chi connectivity index (χ1n) is 10.7. The van der Waals surface area contributed by atoms with Crippen molar-refractivity contribution >= 4 is 45.0 Å². The fraction of sp³-hybridized carbons (Fsp3) is 0.304. The molecular formula is C23H20BrF3N4O4S. The summed E-state index contributed by atoms with van der Waals surface area (Å²) in [4.78, 5) is 33.9. The molecule has 1 fully saturated rings. The number of benzene rings is 1. The standard InChI is InChI=1S/C23H20BrF3N4O4S/c1-2-13(23(21(34)35)6-5-22(26,27)10-29-23)17-15(20(32)33)16(12-4-3-11(25)9-14(12)24)30-18(31-17)19-28-7-8-36-19/h2-4,7-9,16,29H,5-6,10H2,1H3,(H,30,31)(H,32,33)(H,34,35)/t16-,23+/m0/s1. The summed E-state index contributed by atoms with van der Waals surface area (Å²) in [5, 5.41) is 27.9. The number of thiazole rings is 1. The molecule has 0 radical (unpaired) electrons. The molecule has 13 heteroatoms. The molecular weight excluding hydrogens is 565 g/mol. The normalized spacial score (nSPS) is 24.2. The molecule has 1 aromatic carbocycles. The van der Waals surface area contributed by atoms with Gasteiger partial charge in [0.1, 0.15) is 17.4 Å². The van der Waals surface area contributed by atoms with Gasteiger partial charge in [-0.1, -0.05) is 28.1 Å². The Morgan fingerprint density at radius 3 is 2.56 bits per heavy atom. The SMILES string of the molecule is CC=C(C1=C(C(=O)O)[C@H](c2ccc(F)cc2Br)N=C(c2nccs2)N1)[C@@]1(C(=O)O)CCC(F)(F)CN1. The number of rotatable bonds is 6. The number of aliphatic imine (C=N–C) groups is 1. The molecule has 0 unspecified atom stereocenters. The molecule has 190 valence electrons. The molecule has 4 rings (SSSR count). The molecule has 8 nitrogen and oxygen atoms in total. The molecule has 3 heterocycles. The molecule has 36 heavy (non-hydrogen) atoms. The summed E-state index contributed by atoms with van der Waals surface area (Å²) in [6.07, 6.45) is 1.71. The first-order valence-corrected chi connectivity index (χ1v) is 12.4. The molecule has 1 aromatic heterocycles. The van der Waals surface area contributed by atoms with E-state index in [1.165, 1.54) is 36.6 Å². The summed E-state index contributed by atoms with van der Waals surface area (Å²) in [6.45, 7) is 0.604. The minimum Gasteiger partial charge on any atom is -0.480 e. The summed E-state index contributed by atoms with van der Waals surface area (Å²) in [7, 11) is 0. The van der Waals surface area contributed by atoms with Crippen molar-refractivity contribution in [3.05, 3.63) is 73.6 Å². The third-order valence-electron chi connectivity index (χ3n) is 6.06. The van der Waals surface area contributed by atoms with E-state index in [9.17, 15) is 33.0 Å². The van der Waals surface area contributed by atoms with Gasteiger partial charge in [0.25, 0.3) is 5.92 Å². The number of hydrogen-bond donors (Lipinski definition) is 4. The number of aromatic nitrogens is 1. The lowest BCUT2D eigenvalue weighted by Gasteiger charge is -2.41. The molecule has 2 aliphatic heterocycles. The zero-order valence-corrected chi connectivity index (χ0v) is 21.1. The fourth-order valence-corrected chi connectivity index (χ4v) is 5.50. The van der Waals surface area contributed by atoms with Gasteiger partial charge in [0.15, 0.2) is 10.8 Å². The van der Waals surface area contributed by atoms with E-state index in [4.69, 9.17) is 0 Å². The van der Waals surface area contributed by atoms with Crippen LogP contribution in [0.3, 0.4) is 0 Å². The minimum absolute atomic E-state index is 0.0323. The van der Waals surface area contributed by atoms with Gasteiger partial charge < -0.3 is 15.5 Å². The van der Waals surface area contributed by atoms with Crippen LogP contribution in [0.2, 0.25) is 0 Å². The predicted molar refractivity (Wildman–Crippen MR) is 130 cm³/mol. The average molecular weight is 585 g/mol. The van der Waals surface area contributed by atoms with Crippen molar-refractivity contribution in [1.29, 1.82) is 0 Å². The van der Waals surface area contributed by atoms with Crippen LogP contribution in [0.15, 0.2) is 62.2 Å². The van der Waals surface area contributed by atoms with Gasteiger partial charge >= 0.3 is 11.9 Å². The Labute approximate surface area is 215 Å². The summed E-state index contributed by atoms with van der Waals surface area (Å²) in [5.41, 5.74) is -2.14. The Balaban J connectivity index is 1.95. The van der Waals surface area contributed by atoms with Gasteiger partial charge in [0.2, 0.25) is 0 Å². The lowest BCUT2D eigenvalue weighted by atomic mass is 9.77. The maximum atomic E-state index is 14.0. The van der Waals surface area contributed by atoms with Crippen molar-refractivity contribution in [2.75, 3.05) is 6.54 Å². The molecule has 4 N–H and O–H groups in total. The summed E-state index contributed by atoms with van der Waals surface area (Å²) in [5.74, 6) is -6.36. The first-order chi connectivity index (χ1) is 17.0. The zero-order chi connectivity index (χ0) is 26.3. The lowest BCUT2D eigenvalue weighted by molar-refractivity contribution is -0.147. The number of carboxylic acids is 2. The Kier molecular flexibility index (Phi) is 7.08. The highest BCUT2D eigenvalue weighted by Gasteiger charge is 2.52. The van der Waals surface area contributed by atoms with E-state index in [1.807, 2.05) is 0 Å². The Bertz CT molecular complexity index is 1300. The average Bonchev–Trinajstić information content (AvgIpc) is 3.35. The fourth-order valence-electron chi connectivity index (χ4n) is 4.34. The van der Waals surface area contributed by atoms with Gasteiger partial charge in [-0.15, -0.1) is 11.3 Å². The van der Waals surface area contributed by atoms with Gasteiger partial charge in [-0.05, 0) is 31.0 Å². The lowest BCUT2D eigenvalue weighted by Crippen LogP contribution is -2.62. The zero-order valence-electron chi connectivity index (χ0n) is 18.7. The smallest absolute Gasteiger partial charge is 0.336 e. The third kappa shape index (κ3) is 4.70. The second kappa shape index (κ2) is 9.79. The number of nitrogens with one attached hydrogen (secondary N) is 2. The van der Waals surface area contributed by atoms with Gasteiger partial charge in [0.05, 0.1) is 17.8 Å². The molecule has 2 aromatic rings. The topological polar surface area (TPSA) is 124 Å². The minimum atomic E-state index is -3.11. The summed E-state index contributed by atoms with van der Waals surface area (Å²) >= 11 is 4.47. The first kappa shape index (κ1) is 26.0. The number of allylic oxidation sites excluding steroid dienone is 1.